The van der Waals surface area contributed by atoms with E-state index in [2.05, 4.69) is 0 Å². The molecule has 1 heterocycles. The van der Waals surface area contributed by atoms with Gasteiger partial charge in [-0.2, -0.15) is 4.72 Å². The van der Waals surface area contributed by atoms with E-state index in [9.17, 15) is 18.0 Å². The lowest BCUT2D eigenvalue weighted by Gasteiger charge is -2.12. The van der Waals surface area contributed by atoms with Gasteiger partial charge in [-0.1, -0.05) is 0 Å². The lowest BCUT2D eigenvalue weighted by Crippen LogP contribution is -2.40. The zero-order valence-electron chi connectivity index (χ0n) is 10.1. The van der Waals surface area contributed by atoms with Crippen LogP contribution in [0.25, 0.3) is 0 Å². The Balaban J connectivity index is 2.84. The number of aryl methyl sites for hydroxylation is 1. The topological polar surface area (TPSA) is 126 Å². The normalized spacial score (nSPS) is 13.1. The number of carboxylic acids is 2. The van der Waals surface area contributed by atoms with E-state index in [1.54, 1.807) is 7.05 Å². The summed E-state index contributed by atoms with van der Waals surface area (Å²) in [7, 11) is -2.35. The molecule has 0 aliphatic heterocycles. The Morgan fingerprint density at radius 1 is 1.42 bits per heavy atom. The minimum absolute atomic E-state index is 0.0726. The van der Waals surface area contributed by atoms with Crippen molar-refractivity contribution < 1.29 is 28.2 Å². The lowest BCUT2D eigenvalue weighted by molar-refractivity contribution is -0.140. The quantitative estimate of drug-likeness (QED) is 0.628. The third-order valence-electron chi connectivity index (χ3n) is 2.36. The van der Waals surface area contributed by atoms with Crippen LogP contribution < -0.4 is 4.72 Å². The fourth-order valence-corrected chi connectivity index (χ4v) is 2.67. The number of carbonyl (C=O) groups is 2. The molecule has 1 rings (SSSR count). The van der Waals surface area contributed by atoms with E-state index in [1.165, 1.54) is 23.0 Å². The van der Waals surface area contributed by atoms with Gasteiger partial charge in [-0.25, -0.2) is 8.42 Å². The Bertz CT molecular complexity index is 577. The van der Waals surface area contributed by atoms with Crippen molar-refractivity contribution >= 4 is 22.0 Å². The smallest absolute Gasteiger partial charge is 0.321 e. The Hall–Kier alpha value is -1.87. The molecule has 0 fully saturated rings. The molecule has 19 heavy (non-hydrogen) atoms. The van der Waals surface area contributed by atoms with Crippen molar-refractivity contribution in [1.82, 2.24) is 9.29 Å². The maximum absolute atomic E-state index is 11.9. The van der Waals surface area contributed by atoms with Crippen LogP contribution >= 0.6 is 0 Å². The average Bonchev–Trinajstić information content (AvgIpc) is 2.71. The van der Waals surface area contributed by atoms with Crippen molar-refractivity contribution in [2.75, 3.05) is 0 Å². The SMILES string of the molecule is Cn1ccc(S(=O)(=O)N[C@@H](CCC(=O)O)C(=O)O)c1. The first-order valence-corrected chi connectivity index (χ1v) is 6.79. The molecule has 0 unspecified atom stereocenters. The summed E-state index contributed by atoms with van der Waals surface area (Å²) in [6.07, 6.45) is 2.06. The Labute approximate surface area is 109 Å². The van der Waals surface area contributed by atoms with Crippen molar-refractivity contribution in [1.29, 1.82) is 0 Å². The van der Waals surface area contributed by atoms with Gasteiger partial charge in [0.2, 0.25) is 10.0 Å². The first-order valence-electron chi connectivity index (χ1n) is 5.31. The number of nitrogens with one attached hydrogen (secondary N) is 1. The maximum atomic E-state index is 11.9. The Morgan fingerprint density at radius 3 is 2.47 bits per heavy atom. The summed E-state index contributed by atoms with van der Waals surface area (Å²) < 4.78 is 27.2. The zero-order valence-corrected chi connectivity index (χ0v) is 10.9. The van der Waals surface area contributed by atoms with Gasteiger partial charge in [0, 0.05) is 25.9 Å². The highest BCUT2D eigenvalue weighted by Gasteiger charge is 2.26. The van der Waals surface area contributed by atoms with Gasteiger partial charge < -0.3 is 14.8 Å². The molecule has 0 saturated heterocycles. The van der Waals surface area contributed by atoms with Gasteiger partial charge in [0.25, 0.3) is 0 Å². The predicted octanol–water partition coefficient (Wildman–Crippen LogP) is -0.379. The molecule has 8 nitrogen and oxygen atoms in total. The third-order valence-corrected chi connectivity index (χ3v) is 3.81. The number of carboxylic acid groups (broad SMARTS) is 2. The molecule has 0 radical (unpaired) electrons. The Kier molecular flexibility index (Phi) is 4.67. The number of aromatic nitrogens is 1. The molecular formula is C10H14N2O6S. The van der Waals surface area contributed by atoms with Crippen LogP contribution in [0.1, 0.15) is 12.8 Å². The number of nitrogens with zero attached hydrogens (tertiary/aromatic N) is 1. The van der Waals surface area contributed by atoms with Gasteiger partial charge >= 0.3 is 11.9 Å². The standard InChI is InChI=1S/C10H14N2O6S/c1-12-5-4-7(6-12)19(17,18)11-8(10(15)16)2-3-9(13)14/h4-6,8,11H,2-3H2,1H3,(H,13,14)(H,15,16)/t8-/m0/s1. The second-order valence-electron chi connectivity index (χ2n) is 3.96. The molecule has 0 aromatic carbocycles. The summed E-state index contributed by atoms with van der Waals surface area (Å²) in [6, 6.07) is -0.153. The number of hydrogen-bond donors (Lipinski definition) is 3. The summed E-state index contributed by atoms with van der Waals surface area (Å²) in [6.45, 7) is 0. The van der Waals surface area contributed by atoms with Crippen LogP contribution in [0.3, 0.4) is 0 Å². The highest BCUT2D eigenvalue weighted by atomic mass is 32.2. The van der Waals surface area contributed by atoms with Gasteiger partial charge in [0.05, 0.1) is 4.90 Å². The molecule has 0 aliphatic carbocycles. The van der Waals surface area contributed by atoms with Crippen LogP contribution in [0.5, 0.6) is 0 Å². The molecule has 3 N–H and O–H groups in total. The summed E-state index contributed by atoms with van der Waals surface area (Å²) in [4.78, 5) is 21.2. The molecule has 9 heteroatoms. The van der Waals surface area contributed by atoms with E-state index in [0.29, 0.717) is 0 Å². The van der Waals surface area contributed by atoms with Crippen LogP contribution in [0, 0.1) is 0 Å². The summed E-state index contributed by atoms with van der Waals surface area (Å²) in [5, 5.41) is 17.4. The van der Waals surface area contributed by atoms with Crippen molar-refractivity contribution in [3.8, 4) is 0 Å². The molecular weight excluding hydrogens is 276 g/mol. The molecule has 1 atom stereocenters. The summed E-state index contributed by atoms with van der Waals surface area (Å²) in [5.41, 5.74) is 0. The second kappa shape index (κ2) is 5.85. The number of hydrogen-bond acceptors (Lipinski definition) is 4. The maximum Gasteiger partial charge on any atom is 0.321 e. The van der Waals surface area contributed by atoms with Gasteiger partial charge in [-0.05, 0) is 12.5 Å². The van der Waals surface area contributed by atoms with Crippen molar-refractivity contribution in [2.45, 2.75) is 23.8 Å². The van der Waals surface area contributed by atoms with E-state index in [-0.39, 0.29) is 11.3 Å². The zero-order chi connectivity index (χ0) is 14.6. The van der Waals surface area contributed by atoms with E-state index in [1.807, 2.05) is 4.72 Å². The van der Waals surface area contributed by atoms with E-state index in [4.69, 9.17) is 10.2 Å². The van der Waals surface area contributed by atoms with Crippen molar-refractivity contribution in [3.05, 3.63) is 18.5 Å². The van der Waals surface area contributed by atoms with Gasteiger partial charge in [0.1, 0.15) is 6.04 Å². The minimum atomic E-state index is -3.98. The molecule has 1 aromatic rings. The first kappa shape index (κ1) is 15.2. The van der Waals surface area contributed by atoms with E-state index in [0.717, 1.165) is 0 Å². The number of aliphatic carboxylic acids is 2. The molecule has 0 amide bonds. The second-order valence-corrected chi connectivity index (χ2v) is 5.67. The lowest BCUT2D eigenvalue weighted by atomic mass is 10.2. The summed E-state index contributed by atoms with van der Waals surface area (Å²) in [5.74, 6) is -2.61. The molecule has 0 spiro atoms. The average molecular weight is 290 g/mol. The van der Waals surface area contributed by atoms with Crippen LogP contribution in [-0.4, -0.2) is 41.2 Å². The summed E-state index contributed by atoms with van der Waals surface area (Å²) >= 11 is 0. The highest BCUT2D eigenvalue weighted by molar-refractivity contribution is 7.89. The molecule has 0 saturated carbocycles. The van der Waals surface area contributed by atoms with Crippen molar-refractivity contribution in [3.63, 3.8) is 0 Å². The molecule has 106 valence electrons. The monoisotopic (exact) mass is 290 g/mol. The first-order chi connectivity index (χ1) is 8.72. The van der Waals surface area contributed by atoms with Gasteiger partial charge in [0.15, 0.2) is 0 Å². The van der Waals surface area contributed by atoms with Gasteiger partial charge in [-0.3, -0.25) is 9.59 Å². The van der Waals surface area contributed by atoms with Crippen LogP contribution in [0.15, 0.2) is 23.4 Å². The number of sulfonamides is 1. The largest absolute Gasteiger partial charge is 0.481 e. The molecule has 1 aromatic heterocycles. The molecule has 0 bridgehead atoms. The van der Waals surface area contributed by atoms with Crippen LogP contribution in [-0.2, 0) is 26.7 Å². The number of rotatable bonds is 7. The fraction of sp³-hybridized carbons (Fsp3) is 0.400. The fourth-order valence-electron chi connectivity index (χ4n) is 1.39. The van der Waals surface area contributed by atoms with Crippen LogP contribution in [0.2, 0.25) is 0 Å². The predicted molar refractivity (Wildman–Crippen MR) is 64.0 cm³/mol. The van der Waals surface area contributed by atoms with Gasteiger partial charge in [-0.15, -0.1) is 0 Å². The third kappa shape index (κ3) is 4.38. The van der Waals surface area contributed by atoms with Crippen LogP contribution in [0.4, 0.5) is 0 Å². The van der Waals surface area contributed by atoms with Crippen molar-refractivity contribution in [2.24, 2.45) is 7.05 Å². The highest BCUT2D eigenvalue weighted by Crippen LogP contribution is 2.10. The van der Waals surface area contributed by atoms with E-state index < -0.39 is 34.4 Å². The minimum Gasteiger partial charge on any atom is -0.481 e. The van der Waals surface area contributed by atoms with E-state index >= 15 is 0 Å². The molecule has 0 aliphatic rings. The Morgan fingerprint density at radius 2 is 2.05 bits per heavy atom.